The fourth-order valence-corrected chi connectivity index (χ4v) is 3.32. The van der Waals surface area contributed by atoms with E-state index in [0.29, 0.717) is 5.69 Å². The number of hydrogen-bond donors (Lipinski definition) is 2. The van der Waals surface area contributed by atoms with Gasteiger partial charge in [-0.3, -0.25) is 9.59 Å². The van der Waals surface area contributed by atoms with Crippen LogP contribution in [0.5, 0.6) is 0 Å². The SMILES string of the molecule is O=C(NC1CCCCCC1CO)c1ccc(=O)n(-c2ccccc2)n1. The van der Waals surface area contributed by atoms with Crippen molar-refractivity contribution in [3.63, 3.8) is 0 Å². The van der Waals surface area contributed by atoms with Gasteiger partial charge in [0.2, 0.25) is 0 Å². The van der Waals surface area contributed by atoms with E-state index >= 15 is 0 Å². The molecule has 2 aromatic rings. The molecule has 1 aromatic heterocycles. The molecule has 1 amide bonds. The van der Waals surface area contributed by atoms with Crippen LogP contribution in [0.3, 0.4) is 0 Å². The number of nitrogens with zero attached hydrogens (tertiary/aromatic N) is 2. The summed E-state index contributed by atoms with van der Waals surface area (Å²) < 4.78 is 1.23. The molecule has 2 atom stereocenters. The van der Waals surface area contributed by atoms with Gasteiger partial charge in [0, 0.05) is 24.6 Å². The number of para-hydroxylation sites is 1. The van der Waals surface area contributed by atoms with Crippen LogP contribution in [0, 0.1) is 5.92 Å². The summed E-state index contributed by atoms with van der Waals surface area (Å²) in [5, 5.41) is 16.8. The van der Waals surface area contributed by atoms with Crippen LogP contribution in [0.1, 0.15) is 42.6 Å². The molecule has 1 saturated carbocycles. The summed E-state index contributed by atoms with van der Waals surface area (Å²) in [6, 6.07) is 11.8. The summed E-state index contributed by atoms with van der Waals surface area (Å²) >= 11 is 0. The molecule has 2 N–H and O–H groups in total. The highest BCUT2D eigenvalue weighted by molar-refractivity contribution is 5.92. The van der Waals surface area contributed by atoms with Crippen LogP contribution in [0.4, 0.5) is 0 Å². The van der Waals surface area contributed by atoms with E-state index in [1.807, 2.05) is 18.2 Å². The van der Waals surface area contributed by atoms with Gasteiger partial charge in [-0.05, 0) is 31.0 Å². The first-order valence-electron chi connectivity index (χ1n) is 8.76. The van der Waals surface area contributed by atoms with E-state index in [1.54, 1.807) is 12.1 Å². The standard InChI is InChI=1S/C19H23N3O3/c23-13-14-7-3-1-6-10-16(14)20-19(25)17-11-12-18(24)22(21-17)15-8-4-2-5-9-15/h2,4-5,8-9,11-12,14,16,23H,1,3,6-7,10,13H2,(H,20,25). The third-order valence-electron chi connectivity index (χ3n) is 4.74. The summed E-state index contributed by atoms with van der Waals surface area (Å²) in [4.78, 5) is 24.7. The van der Waals surface area contributed by atoms with E-state index < -0.39 is 0 Å². The Morgan fingerprint density at radius 3 is 2.64 bits per heavy atom. The average Bonchev–Trinajstić information content (AvgIpc) is 2.87. The van der Waals surface area contributed by atoms with Crippen LogP contribution in [0.25, 0.3) is 5.69 Å². The quantitative estimate of drug-likeness (QED) is 0.832. The molecule has 6 nitrogen and oxygen atoms in total. The number of rotatable bonds is 4. The van der Waals surface area contributed by atoms with E-state index in [1.165, 1.54) is 16.8 Å². The van der Waals surface area contributed by atoms with Gasteiger partial charge in [-0.25, -0.2) is 0 Å². The molecular weight excluding hydrogens is 318 g/mol. The summed E-state index contributed by atoms with van der Waals surface area (Å²) in [5.41, 5.74) is 0.527. The normalized spacial score (nSPS) is 20.7. The average molecular weight is 341 g/mol. The molecule has 0 saturated heterocycles. The molecular formula is C19H23N3O3. The van der Waals surface area contributed by atoms with E-state index in [4.69, 9.17) is 0 Å². The fourth-order valence-electron chi connectivity index (χ4n) is 3.32. The van der Waals surface area contributed by atoms with Gasteiger partial charge in [-0.15, -0.1) is 0 Å². The molecule has 132 valence electrons. The van der Waals surface area contributed by atoms with Crippen molar-refractivity contribution in [2.24, 2.45) is 5.92 Å². The first kappa shape index (κ1) is 17.4. The van der Waals surface area contributed by atoms with Gasteiger partial charge in [-0.2, -0.15) is 9.78 Å². The van der Waals surface area contributed by atoms with Gasteiger partial charge < -0.3 is 10.4 Å². The predicted molar refractivity (Wildman–Crippen MR) is 94.7 cm³/mol. The minimum absolute atomic E-state index is 0.0566. The lowest BCUT2D eigenvalue weighted by atomic mass is 9.95. The smallest absolute Gasteiger partial charge is 0.271 e. The van der Waals surface area contributed by atoms with Gasteiger partial charge in [0.1, 0.15) is 5.69 Å². The second kappa shape index (κ2) is 8.07. The minimum atomic E-state index is -0.310. The molecule has 25 heavy (non-hydrogen) atoms. The van der Waals surface area contributed by atoms with Crippen molar-refractivity contribution in [1.29, 1.82) is 0 Å². The van der Waals surface area contributed by atoms with Crippen LogP contribution in [-0.2, 0) is 0 Å². The molecule has 1 aliphatic carbocycles. The largest absolute Gasteiger partial charge is 0.396 e. The Hall–Kier alpha value is -2.47. The number of hydrogen-bond acceptors (Lipinski definition) is 4. The van der Waals surface area contributed by atoms with Crippen molar-refractivity contribution in [2.45, 2.75) is 38.1 Å². The number of benzene rings is 1. The molecule has 0 radical (unpaired) electrons. The number of amides is 1. The molecule has 3 rings (SSSR count). The third kappa shape index (κ3) is 4.14. The third-order valence-corrected chi connectivity index (χ3v) is 4.74. The van der Waals surface area contributed by atoms with E-state index in [-0.39, 0.29) is 35.7 Å². The van der Waals surface area contributed by atoms with Crippen LogP contribution in [0.15, 0.2) is 47.3 Å². The lowest BCUT2D eigenvalue weighted by molar-refractivity contribution is 0.0892. The Morgan fingerprint density at radius 2 is 1.88 bits per heavy atom. The molecule has 0 aliphatic heterocycles. The van der Waals surface area contributed by atoms with Crippen LogP contribution in [-0.4, -0.2) is 33.4 Å². The maximum absolute atomic E-state index is 12.6. The number of aromatic nitrogens is 2. The topological polar surface area (TPSA) is 84.2 Å². The maximum Gasteiger partial charge on any atom is 0.271 e. The highest BCUT2D eigenvalue weighted by atomic mass is 16.3. The zero-order valence-corrected chi connectivity index (χ0v) is 14.1. The Morgan fingerprint density at radius 1 is 1.12 bits per heavy atom. The van der Waals surface area contributed by atoms with Crippen LogP contribution in [0.2, 0.25) is 0 Å². The molecule has 1 aliphatic rings. The summed E-state index contributed by atoms with van der Waals surface area (Å²) in [5.74, 6) is -0.235. The maximum atomic E-state index is 12.6. The van der Waals surface area contributed by atoms with E-state index in [9.17, 15) is 14.7 Å². The van der Waals surface area contributed by atoms with Gasteiger partial charge >= 0.3 is 0 Å². The Balaban J connectivity index is 1.81. The van der Waals surface area contributed by atoms with Crippen LogP contribution >= 0.6 is 0 Å². The Labute approximate surface area is 146 Å². The summed E-state index contributed by atoms with van der Waals surface area (Å²) in [7, 11) is 0. The van der Waals surface area contributed by atoms with Crippen molar-refractivity contribution in [2.75, 3.05) is 6.61 Å². The first-order valence-corrected chi connectivity index (χ1v) is 8.76. The number of aliphatic hydroxyl groups is 1. The Bertz CT molecular complexity index is 773. The van der Waals surface area contributed by atoms with E-state index in [0.717, 1.165) is 32.1 Å². The molecule has 0 spiro atoms. The number of carbonyl (C=O) groups is 1. The van der Waals surface area contributed by atoms with Crippen molar-refractivity contribution in [3.8, 4) is 5.69 Å². The zero-order valence-electron chi connectivity index (χ0n) is 14.1. The minimum Gasteiger partial charge on any atom is -0.396 e. The van der Waals surface area contributed by atoms with Crippen molar-refractivity contribution >= 4 is 5.91 Å². The van der Waals surface area contributed by atoms with Gasteiger partial charge in [0.25, 0.3) is 11.5 Å². The molecule has 6 heteroatoms. The van der Waals surface area contributed by atoms with E-state index in [2.05, 4.69) is 10.4 Å². The monoisotopic (exact) mass is 341 g/mol. The molecule has 0 bridgehead atoms. The van der Waals surface area contributed by atoms with Crippen molar-refractivity contribution < 1.29 is 9.90 Å². The lowest BCUT2D eigenvalue weighted by Gasteiger charge is -2.24. The second-order valence-electron chi connectivity index (χ2n) is 6.46. The highest BCUT2D eigenvalue weighted by Crippen LogP contribution is 2.23. The van der Waals surface area contributed by atoms with Gasteiger partial charge in [-0.1, -0.05) is 37.5 Å². The molecule has 1 aromatic carbocycles. The summed E-state index contributed by atoms with van der Waals surface area (Å²) in [6.07, 6.45) is 5.01. The van der Waals surface area contributed by atoms with Gasteiger partial charge in [0.15, 0.2) is 0 Å². The second-order valence-corrected chi connectivity index (χ2v) is 6.46. The van der Waals surface area contributed by atoms with Gasteiger partial charge in [0.05, 0.1) is 5.69 Å². The molecule has 1 heterocycles. The van der Waals surface area contributed by atoms with Crippen molar-refractivity contribution in [1.82, 2.24) is 15.1 Å². The molecule has 2 unspecified atom stereocenters. The zero-order chi connectivity index (χ0) is 17.6. The summed E-state index contributed by atoms with van der Waals surface area (Å²) in [6.45, 7) is 0.0713. The number of nitrogens with one attached hydrogen (secondary N) is 1. The lowest BCUT2D eigenvalue weighted by Crippen LogP contribution is -2.42. The fraction of sp³-hybridized carbons (Fsp3) is 0.421. The molecule has 1 fully saturated rings. The van der Waals surface area contributed by atoms with Crippen molar-refractivity contribution in [3.05, 3.63) is 58.5 Å². The first-order chi connectivity index (χ1) is 12.2. The predicted octanol–water partition coefficient (Wildman–Crippen LogP) is 1.90. The number of aliphatic hydroxyl groups excluding tert-OH is 1. The van der Waals surface area contributed by atoms with Crippen LogP contribution < -0.4 is 10.9 Å². The highest BCUT2D eigenvalue weighted by Gasteiger charge is 2.25. The Kier molecular flexibility index (Phi) is 5.60. The number of carbonyl (C=O) groups excluding carboxylic acids is 1.